The van der Waals surface area contributed by atoms with Gasteiger partial charge >= 0.3 is 12.1 Å². The van der Waals surface area contributed by atoms with Crippen LogP contribution >= 0.6 is 11.3 Å². The number of alkyl halides is 3. The van der Waals surface area contributed by atoms with Crippen LogP contribution in [0.2, 0.25) is 0 Å². The van der Waals surface area contributed by atoms with Crippen molar-refractivity contribution < 1.29 is 32.2 Å². The van der Waals surface area contributed by atoms with Crippen molar-refractivity contribution >= 4 is 34.0 Å². The number of ether oxygens (including phenoxy) is 2. The van der Waals surface area contributed by atoms with Crippen molar-refractivity contribution in [2.45, 2.75) is 33.1 Å². The van der Waals surface area contributed by atoms with E-state index >= 15 is 0 Å². The molecule has 0 saturated heterocycles. The smallest absolute Gasteiger partial charge is 0.416 e. The van der Waals surface area contributed by atoms with Crippen LogP contribution in [0.25, 0.3) is 0 Å². The summed E-state index contributed by atoms with van der Waals surface area (Å²) < 4.78 is 49.8. The molecule has 0 aliphatic rings. The summed E-state index contributed by atoms with van der Waals surface area (Å²) in [6.07, 6.45) is -4.50. The molecular formula is C23H21F3N2O4S. The van der Waals surface area contributed by atoms with Crippen molar-refractivity contribution in [1.29, 1.82) is 0 Å². The number of carbonyl (C=O) groups is 2. The molecule has 0 spiro atoms. The van der Waals surface area contributed by atoms with E-state index in [4.69, 9.17) is 9.47 Å². The highest BCUT2D eigenvalue weighted by Crippen LogP contribution is 2.35. The molecule has 3 rings (SSSR count). The molecule has 0 aliphatic heterocycles. The monoisotopic (exact) mass is 478 g/mol. The summed E-state index contributed by atoms with van der Waals surface area (Å²) in [4.78, 5) is 29.5. The van der Waals surface area contributed by atoms with Gasteiger partial charge < -0.3 is 9.47 Å². The van der Waals surface area contributed by atoms with Crippen molar-refractivity contribution in [2.75, 3.05) is 11.5 Å². The lowest BCUT2D eigenvalue weighted by Gasteiger charge is -2.19. The summed E-state index contributed by atoms with van der Waals surface area (Å²) in [7, 11) is 0. The molecule has 0 unspecified atom stereocenters. The second kappa shape index (κ2) is 10.5. The van der Waals surface area contributed by atoms with Gasteiger partial charge in [-0.1, -0.05) is 18.2 Å². The standard InChI is InChI=1S/C23H21F3N2O4S/c1-15-5-3-8-20(11-15)31-10-9-21(30)32-13-18-14-33-22(27-18)28(16(2)29)19-7-4-6-17(12-19)23(24,25)26/h3-8,11-12,14H,9-10,13H2,1-2H3. The number of esters is 1. The lowest BCUT2D eigenvalue weighted by molar-refractivity contribution is -0.145. The van der Waals surface area contributed by atoms with Crippen molar-refractivity contribution in [2.24, 2.45) is 0 Å². The Kier molecular flexibility index (Phi) is 7.70. The lowest BCUT2D eigenvalue weighted by Crippen LogP contribution is -2.23. The number of amides is 1. The average molecular weight is 478 g/mol. The molecule has 2 aromatic carbocycles. The molecular weight excluding hydrogens is 457 g/mol. The highest BCUT2D eigenvalue weighted by Gasteiger charge is 2.31. The van der Waals surface area contributed by atoms with Gasteiger partial charge in [-0.05, 0) is 42.8 Å². The fraction of sp³-hybridized carbons (Fsp3) is 0.261. The Hall–Kier alpha value is -3.40. The minimum atomic E-state index is -4.54. The first-order valence-corrected chi connectivity index (χ1v) is 10.8. The molecule has 0 aliphatic carbocycles. The predicted molar refractivity (Wildman–Crippen MR) is 117 cm³/mol. The largest absolute Gasteiger partial charge is 0.493 e. The Morgan fingerprint density at radius 2 is 1.88 bits per heavy atom. The molecule has 3 aromatic rings. The van der Waals surface area contributed by atoms with Gasteiger partial charge in [-0.2, -0.15) is 13.2 Å². The molecule has 1 amide bonds. The zero-order valence-corrected chi connectivity index (χ0v) is 18.7. The van der Waals surface area contributed by atoms with Gasteiger partial charge in [0.1, 0.15) is 12.4 Å². The molecule has 0 radical (unpaired) electrons. The van der Waals surface area contributed by atoms with Gasteiger partial charge in [0.2, 0.25) is 5.91 Å². The first-order chi connectivity index (χ1) is 15.6. The third-order valence-electron chi connectivity index (χ3n) is 4.42. The fourth-order valence-electron chi connectivity index (χ4n) is 2.90. The van der Waals surface area contributed by atoms with E-state index in [9.17, 15) is 22.8 Å². The Balaban J connectivity index is 1.58. The first-order valence-electron chi connectivity index (χ1n) is 9.91. The molecule has 0 N–H and O–H groups in total. The summed E-state index contributed by atoms with van der Waals surface area (Å²) in [6, 6.07) is 11.9. The van der Waals surface area contributed by atoms with Gasteiger partial charge in [-0.25, -0.2) is 4.98 Å². The maximum absolute atomic E-state index is 13.0. The van der Waals surface area contributed by atoms with Crippen molar-refractivity contribution in [1.82, 2.24) is 4.98 Å². The predicted octanol–water partition coefficient (Wildman–Crippen LogP) is 5.67. The second-order valence-electron chi connectivity index (χ2n) is 7.10. The van der Waals surface area contributed by atoms with E-state index in [2.05, 4.69) is 4.98 Å². The number of nitrogens with zero attached hydrogens (tertiary/aromatic N) is 2. The van der Waals surface area contributed by atoms with Gasteiger partial charge in [0.05, 0.1) is 30.0 Å². The first kappa shape index (κ1) is 24.2. The maximum atomic E-state index is 13.0. The number of aryl methyl sites for hydroxylation is 1. The van der Waals surface area contributed by atoms with Crippen molar-refractivity contribution in [3.63, 3.8) is 0 Å². The van der Waals surface area contributed by atoms with Gasteiger partial charge in [0, 0.05) is 12.3 Å². The number of carbonyl (C=O) groups excluding carboxylic acids is 2. The molecule has 10 heteroatoms. The number of benzene rings is 2. The Labute approximate surface area is 192 Å². The minimum Gasteiger partial charge on any atom is -0.493 e. The topological polar surface area (TPSA) is 68.7 Å². The maximum Gasteiger partial charge on any atom is 0.416 e. The minimum absolute atomic E-state index is 0.0365. The molecule has 1 heterocycles. The van der Waals surface area contributed by atoms with Crippen LogP contribution in [0.5, 0.6) is 5.75 Å². The van der Waals surface area contributed by atoms with Crippen molar-refractivity contribution in [3.8, 4) is 5.75 Å². The molecule has 6 nitrogen and oxygen atoms in total. The van der Waals surface area contributed by atoms with Crippen LogP contribution in [0.4, 0.5) is 24.0 Å². The average Bonchev–Trinajstić information content (AvgIpc) is 3.20. The second-order valence-corrected chi connectivity index (χ2v) is 7.94. The summed E-state index contributed by atoms with van der Waals surface area (Å²) in [5.74, 6) is -0.329. The van der Waals surface area contributed by atoms with Gasteiger partial charge in [0.15, 0.2) is 5.13 Å². The molecule has 0 bridgehead atoms. The Bertz CT molecular complexity index is 1130. The molecule has 33 heavy (non-hydrogen) atoms. The van der Waals surface area contributed by atoms with E-state index in [0.717, 1.165) is 33.9 Å². The molecule has 0 atom stereocenters. The number of anilines is 2. The summed E-state index contributed by atoms with van der Waals surface area (Å²) in [5.41, 5.74) is 0.591. The Morgan fingerprint density at radius 1 is 1.12 bits per heavy atom. The number of hydrogen-bond donors (Lipinski definition) is 0. The zero-order valence-electron chi connectivity index (χ0n) is 17.9. The number of hydrogen-bond acceptors (Lipinski definition) is 6. The SMILES string of the molecule is CC(=O)N(c1cccc(C(F)(F)F)c1)c1nc(COC(=O)CCOc2cccc(C)c2)cs1. The molecule has 1 aromatic heterocycles. The van der Waals surface area contributed by atoms with Crippen LogP contribution in [0, 0.1) is 6.92 Å². The van der Waals surface area contributed by atoms with Gasteiger partial charge in [-0.15, -0.1) is 11.3 Å². The zero-order chi connectivity index (χ0) is 24.0. The van der Waals surface area contributed by atoms with Gasteiger partial charge in [0.25, 0.3) is 0 Å². The third kappa shape index (κ3) is 6.79. The quantitative estimate of drug-likeness (QED) is 0.391. The third-order valence-corrected chi connectivity index (χ3v) is 5.30. The van der Waals surface area contributed by atoms with E-state index in [1.54, 1.807) is 11.4 Å². The van der Waals surface area contributed by atoms with E-state index < -0.39 is 23.6 Å². The highest BCUT2D eigenvalue weighted by atomic mass is 32.1. The van der Waals surface area contributed by atoms with E-state index in [1.165, 1.54) is 19.1 Å². The number of halogens is 3. The lowest BCUT2D eigenvalue weighted by atomic mass is 10.2. The summed E-state index contributed by atoms with van der Waals surface area (Å²) in [5, 5.41) is 1.76. The van der Waals surface area contributed by atoms with Crippen LogP contribution in [0.3, 0.4) is 0 Å². The Morgan fingerprint density at radius 3 is 2.58 bits per heavy atom. The fourth-order valence-corrected chi connectivity index (χ4v) is 3.77. The van der Waals surface area contributed by atoms with Gasteiger partial charge in [-0.3, -0.25) is 14.5 Å². The van der Waals surface area contributed by atoms with Crippen LogP contribution in [0.15, 0.2) is 53.9 Å². The van der Waals surface area contributed by atoms with E-state index in [0.29, 0.717) is 11.4 Å². The number of thiazole rings is 1. The highest BCUT2D eigenvalue weighted by molar-refractivity contribution is 7.14. The van der Waals surface area contributed by atoms with E-state index in [1.807, 2.05) is 25.1 Å². The number of aromatic nitrogens is 1. The molecule has 0 saturated carbocycles. The number of rotatable bonds is 8. The van der Waals surface area contributed by atoms with Crippen LogP contribution < -0.4 is 9.64 Å². The van der Waals surface area contributed by atoms with Crippen LogP contribution in [-0.2, 0) is 27.1 Å². The van der Waals surface area contributed by atoms with Crippen LogP contribution in [-0.4, -0.2) is 23.5 Å². The summed E-state index contributed by atoms with van der Waals surface area (Å²) >= 11 is 1.06. The molecule has 0 fully saturated rings. The summed E-state index contributed by atoms with van der Waals surface area (Å²) in [6.45, 7) is 3.19. The van der Waals surface area contributed by atoms with E-state index in [-0.39, 0.29) is 30.5 Å². The van der Waals surface area contributed by atoms with Crippen molar-refractivity contribution in [3.05, 3.63) is 70.7 Å². The van der Waals surface area contributed by atoms with Crippen LogP contribution in [0.1, 0.15) is 30.2 Å². The molecule has 174 valence electrons. The normalized spacial score (nSPS) is 11.2.